The number of benzene rings is 1. The Morgan fingerprint density at radius 1 is 1.43 bits per heavy atom. The SMILES string of the molecule is CC(C)CC1CNC(C)(C)CN1Cc1cc(Br)ccc1F. The molecule has 2 rings (SSSR count). The molecule has 1 aromatic rings. The van der Waals surface area contributed by atoms with E-state index in [-0.39, 0.29) is 11.4 Å². The molecule has 0 spiro atoms. The molecule has 0 aliphatic carbocycles. The lowest BCUT2D eigenvalue weighted by Gasteiger charge is -2.45. The minimum Gasteiger partial charge on any atom is -0.309 e. The fourth-order valence-corrected chi connectivity index (χ4v) is 3.47. The molecule has 0 radical (unpaired) electrons. The molecular formula is C17H26BrFN2. The van der Waals surface area contributed by atoms with Crippen molar-refractivity contribution in [2.24, 2.45) is 5.92 Å². The van der Waals surface area contributed by atoms with Gasteiger partial charge in [0.25, 0.3) is 0 Å². The van der Waals surface area contributed by atoms with E-state index < -0.39 is 0 Å². The van der Waals surface area contributed by atoms with E-state index in [1.54, 1.807) is 12.1 Å². The highest BCUT2D eigenvalue weighted by atomic mass is 79.9. The van der Waals surface area contributed by atoms with E-state index in [4.69, 9.17) is 0 Å². The zero-order chi connectivity index (χ0) is 15.6. The molecule has 1 saturated heterocycles. The zero-order valence-corrected chi connectivity index (χ0v) is 15.0. The quantitative estimate of drug-likeness (QED) is 0.869. The van der Waals surface area contributed by atoms with Gasteiger partial charge in [0.2, 0.25) is 0 Å². The lowest BCUT2D eigenvalue weighted by molar-refractivity contribution is 0.0750. The molecule has 1 aliphatic rings. The molecule has 1 N–H and O–H groups in total. The lowest BCUT2D eigenvalue weighted by atomic mass is 9.93. The number of nitrogens with zero attached hydrogens (tertiary/aromatic N) is 1. The van der Waals surface area contributed by atoms with Gasteiger partial charge in [-0.25, -0.2) is 4.39 Å². The number of hydrogen-bond acceptors (Lipinski definition) is 2. The second kappa shape index (κ2) is 6.76. The first-order chi connectivity index (χ1) is 9.77. The number of rotatable bonds is 4. The number of nitrogens with one attached hydrogen (secondary N) is 1. The van der Waals surface area contributed by atoms with E-state index >= 15 is 0 Å². The highest BCUT2D eigenvalue weighted by Crippen LogP contribution is 2.24. The Morgan fingerprint density at radius 2 is 2.14 bits per heavy atom. The van der Waals surface area contributed by atoms with Crippen molar-refractivity contribution in [3.63, 3.8) is 0 Å². The van der Waals surface area contributed by atoms with Gasteiger partial charge < -0.3 is 5.32 Å². The van der Waals surface area contributed by atoms with Crippen molar-refractivity contribution in [3.8, 4) is 0 Å². The molecule has 1 fully saturated rings. The average molecular weight is 357 g/mol. The Morgan fingerprint density at radius 3 is 2.81 bits per heavy atom. The molecule has 1 aromatic carbocycles. The molecule has 0 saturated carbocycles. The Kier molecular flexibility index (Phi) is 5.44. The summed E-state index contributed by atoms with van der Waals surface area (Å²) in [6.45, 7) is 11.5. The monoisotopic (exact) mass is 356 g/mol. The van der Waals surface area contributed by atoms with Gasteiger partial charge in [0, 0.05) is 41.3 Å². The van der Waals surface area contributed by atoms with E-state index in [0.29, 0.717) is 18.5 Å². The Hall–Kier alpha value is -0.450. The Bertz CT molecular complexity index is 488. The van der Waals surface area contributed by atoms with Crippen LogP contribution in [0.5, 0.6) is 0 Å². The van der Waals surface area contributed by atoms with Crippen molar-refractivity contribution < 1.29 is 4.39 Å². The summed E-state index contributed by atoms with van der Waals surface area (Å²) in [5.41, 5.74) is 0.853. The summed E-state index contributed by atoms with van der Waals surface area (Å²) in [6.07, 6.45) is 1.14. The van der Waals surface area contributed by atoms with Crippen molar-refractivity contribution >= 4 is 15.9 Å². The molecule has 0 aromatic heterocycles. The maximum atomic E-state index is 14.0. The van der Waals surface area contributed by atoms with Crippen LogP contribution in [0.1, 0.15) is 39.7 Å². The van der Waals surface area contributed by atoms with E-state index in [2.05, 4.69) is 53.8 Å². The zero-order valence-electron chi connectivity index (χ0n) is 13.4. The van der Waals surface area contributed by atoms with Crippen LogP contribution in [-0.4, -0.2) is 29.6 Å². The molecule has 2 nitrogen and oxygen atoms in total. The van der Waals surface area contributed by atoms with Gasteiger partial charge in [-0.2, -0.15) is 0 Å². The normalized spacial score (nSPS) is 22.7. The van der Waals surface area contributed by atoms with Crippen LogP contribution < -0.4 is 5.32 Å². The van der Waals surface area contributed by atoms with Crippen molar-refractivity contribution in [1.82, 2.24) is 10.2 Å². The predicted molar refractivity (Wildman–Crippen MR) is 89.8 cm³/mol. The standard InChI is InChI=1S/C17H26BrFN2/c1-12(2)7-15-9-20-17(3,4)11-21(15)10-13-8-14(18)5-6-16(13)19/h5-6,8,12,15,20H,7,9-11H2,1-4H3. The minimum absolute atomic E-state index is 0.0793. The van der Waals surface area contributed by atoms with Crippen molar-refractivity contribution in [3.05, 3.63) is 34.1 Å². The summed E-state index contributed by atoms with van der Waals surface area (Å²) in [7, 11) is 0. The molecule has 0 amide bonds. The molecule has 118 valence electrons. The van der Waals surface area contributed by atoms with Gasteiger partial charge in [0.05, 0.1) is 0 Å². The maximum absolute atomic E-state index is 14.0. The molecular weight excluding hydrogens is 331 g/mol. The predicted octanol–water partition coefficient (Wildman–Crippen LogP) is 4.19. The second-order valence-electron chi connectivity index (χ2n) is 7.19. The Labute approximate surface area is 136 Å². The first-order valence-electron chi connectivity index (χ1n) is 7.70. The summed E-state index contributed by atoms with van der Waals surface area (Å²) in [5, 5.41) is 3.61. The maximum Gasteiger partial charge on any atom is 0.127 e. The fraction of sp³-hybridized carbons (Fsp3) is 0.647. The molecule has 0 bridgehead atoms. The number of hydrogen-bond donors (Lipinski definition) is 1. The molecule has 1 atom stereocenters. The smallest absolute Gasteiger partial charge is 0.127 e. The Balaban J connectivity index is 2.17. The van der Waals surface area contributed by atoms with Gasteiger partial charge in [0.15, 0.2) is 0 Å². The van der Waals surface area contributed by atoms with Crippen LogP contribution >= 0.6 is 15.9 Å². The summed E-state index contributed by atoms with van der Waals surface area (Å²) in [4.78, 5) is 2.43. The summed E-state index contributed by atoms with van der Waals surface area (Å²) in [5.74, 6) is 0.533. The highest BCUT2D eigenvalue weighted by Gasteiger charge is 2.32. The topological polar surface area (TPSA) is 15.3 Å². The number of piperazine rings is 1. The third-order valence-corrected chi connectivity index (χ3v) is 4.55. The van der Waals surface area contributed by atoms with Crippen molar-refractivity contribution in [2.75, 3.05) is 13.1 Å². The van der Waals surface area contributed by atoms with Gasteiger partial charge in [-0.3, -0.25) is 4.90 Å². The molecule has 1 heterocycles. The lowest BCUT2D eigenvalue weighted by Crippen LogP contribution is -2.61. The van der Waals surface area contributed by atoms with Crippen LogP contribution in [0, 0.1) is 11.7 Å². The highest BCUT2D eigenvalue weighted by molar-refractivity contribution is 9.10. The first-order valence-corrected chi connectivity index (χ1v) is 8.49. The van der Waals surface area contributed by atoms with Crippen LogP contribution in [-0.2, 0) is 6.54 Å². The summed E-state index contributed by atoms with van der Waals surface area (Å²) < 4.78 is 15.0. The van der Waals surface area contributed by atoms with Crippen LogP contribution in [0.3, 0.4) is 0 Å². The van der Waals surface area contributed by atoms with Crippen molar-refractivity contribution in [2.45, 2.75) is 52.2 Å². The van der Waals surface area contributed by atoms with Gasteiger partial charge >= 0.3 is 0 Å². The largest absolute Gasteiger partial charge is 0.309 e. The van der Waals surface area contributed by atoms with Gasteiger partial charge in [-0.1, -0.05) is 29.8 Å². The summed E-state index contributed by atoms with van der Waals surface area (Å²) >= 11 is 3.44. The van der Waals surface area contributed by atoms with E-state index in [1.165, 1.54) is 0 Å². The molecule has 21 heavy (non-hydrogen) atoms. The van der Waals surface area contributed by atoms with Crippen LogP contribution in [0.15, 0.2) is 22.7 Å². The van der Waals surface area contributed by atoms with Crippen molar-refractivity contribution in [1.29, 1.82) is 0 Å². The number of halogens is 2. The van der Waals surface area contributed by atoms with E-state index in [0.717, 1.165) is 29.5 Å². The molecule has 1 aliphatic heterocycles. The third kappa shape index (κ3) is 4.76. The van der Waals surface area contributed by atoms with Crippen LogP contribution in [0.2, 0.25) is 0 Å². The minimum atomic E-state index is -0.113. The molecule has 1 unspecified atom stereocenters. The second-order valence-corrected chi connectivity index (χ2v) is 8.10. The van der Waals surface area contributed by atoms with Crippen LogP contribution in [0.4, 0.5) is 4.39 Å². The van der Waals surface area contributed by atoms with Gasteiger partial charge in [-0.05, 0) is 44.4 Å². The van der Waals surface area contributed by atoms with Gasteiger partial charge in [0.1, 0.15) is 5.82 Å². The first kappa shape index (κ1) is 16.9. The fourth-order valence-electron chi connectivity index (χ4n) is 3.06. The van der Waals surface area contributed by atoms with E-state index in [9.17, 15) is 4.39 Å². The molecule has 4 heteroatoms. The van der Waals surface area contributed by atoms with Gasteiger partial charge in [-0.15, -0.1) is 0 Å². The average Bonchev–Trinajstić information content (AvgIpc) is 2.36. The third-order valence-electron chi connectivity index (χ3n) is 4.06. The summed E-state index contributed by atoms with van der Waals surface area (Å²) in [6, 6.07) is 5.67. The van der Waals surface area contributed by atoms with E-state index in [1.807, 2.05) is 6.07 Å². The van der Waals surface area contributed by atoms with Crippen LogP contribution in [0.25, 0.3) is 0 Å².